The Morgan fingerprint density at radius 3 is 2.73 bits per heavy atom. The number of cyclic esters (lactones) is 1. The Bertz CT molecular complexity index is 865. The number of carbonyl (C=O) groups excluding carboxylic acids is 1. The van der Waals surface area contributed by atoms with Crippen LogP contribution >= 0.6 is 0 Å². The Morgan fingerprint density at radius 2 is 2.00 bits per heavy atom. The van der Waals surface area contributed by atoms with Crippen molar-refractivity contribution in [3.8, 4) is 5.88 Å². The van der Waals surface area contributed by atoms with Crippen LogP contribution in [0, 0.1) is 0 Å². The summed E-state index contributed by atoms with van der Waals surface area (Å²) in [5, 5.41) is 10.3. The number of ether oxygens (including phenoxy) is 1. The molecule has 0 amide bonds. The van der Waals surface area contributed by atoms with Crippen molar-refractivity contribution in [2.75, 3.05) is 0 Å². The number of nitrogens with zero attached hydrogens (tertiary/aromatic N) is 1. The highest BCUT2D eigenvalue weighted by atomic mass is 16.5. The molecule has 0 aliphatic carbocycles. The topological polar surface area (TPSA) is 101 Å². The summed E-state index contributed by atoms with van der Waals surface area (Å²) in [6.07, 6.45) is -0.420. The van der Waals surface area contributed by atoms with Gasteiger partial charge in [0.05, 0.1) is 5.56 Å². The van der Waals surface area contributed by atoms with Crippen molar-refractivity contribution in [3.05, 3.63) is 61.8 Å². The first kappa shape index (κ1) is 14.1. The number of nitrogens with one attached hydrogen (secondary N) is 1. The highest BCUT2D eigenvalue weighted by Crippen LogP contribution is 2.36. The SMILES string of the molecule is CCCn1c(O)c([C@H]2OC(=O)c3ccccc32)c(=O)[nH]c1=O. The number of rotatable bonds is 3. The molecule has 2 heterocycles. The van der Waals surface area contributed by atoms with Gasteiger partial charge in [0, 0.05) is 12.1 Å². The predicted molar refractivity (Wildman–Crippen MR) is 77.0 cm³/mol. The molecule has 1 aromatic heterocycles. The van der Waals surface area contributed by atoms with Crippen LogP contribution in [0.1, 0.15) is 40.9 Å². The van der Waals surface area contributed by atoms with Crippen LogP contribution in [0.4, 0.5) is 0 Å². The zero-order valence-corrected chi connectivity index (χ0v) is 11.8. The van der Waals surface area contributed by atoms with Gasteiger partial charge >= 0.3 is 11.7 Å². The number of fused-ring (bicyclic) bond motifs is 1. The highest BCUT2D eigenvalue weighted by molar-refractivity contribution is 5.94. The highest BCUT2D eigenvalue weighted by Gasteiger charge is 2.36. The molecule has 1 aliphatic heterocycles. The Morgan fingerprint density at radius 1 is 1.27 bits per heavy atom. The maximum atomic E-state index is 12.1. The maximum absolute atomic E-state index is 12.1. The van der Waals surface area contributed by atoms with E-state index in [1.807, 2.05) is 6.92 Å². The van der Waals surface area contributed by atoms with E-state index in [4.69, 9.17) is 4.74 Å². The van der Waals surface area contributed by atoms with Gasteiger partial charge < -0.3 is 9.84 Å². The second-order valence-electron chi connectivity index (χ2n) is 5.02. The van der Waals surface area contributed by atoms with Crippen molar-refractivity contribution >= 4 is 5.97 Å². The lowest BCUT2D eigenvalue weighted by atomic mass is 10.0. The molecule has 7 nitrogen and oxygen atoms in total. The molecule has 3 rings (SSSR count). The smallest absolute Gasteiger partial charge is 0.339 e. The Balaban J connectivity index is 2.22. The van der Waals surface area contributed by atoms with Gasteiger partial charge in [-0.15, -0.1) is 0 Å². The van der Waals surface area contributed by atoms with E-state index in [0.717, 1.165) is 4.57 Å². The van der Waals surface area contributed by atoms with Gasteiger partial charge in [0.15, 0.2) is 6.10 Å². The van der Waals surface area contributed by atoms with E-state index in [-0.39, 0.29) is 12.1 Å². The molecule has 22 heavy (non-hydrogen) atoms. The minimum Gasteiger partial charge on any atom is -0.494 e. The van der Waals surface area contributed by atoms with Crippen molar-refractivity contribution in [3.63, 3.8) is 0 Å². The zero-order chi connectivity index (χ0) is 15.9. The molecule has 114 valence electrons. The van der Waals surface area contributed by atoms with Gasteiger partial charge in [-0.25, -0.2) is 9.59 Å². The van der Waals surface area contributed by atoms with Crippen LogP contribution in [0.5, 0.6) is 5.88 Å². The fourth-order valence-corrected chi connectivity index (χ4v) is 2.60. The van der Waals surface area contributed by atoms with Crippen LogP contribution in [0.15, 0.2) is 33.9 Å². The molecule has 1 atom stereocenters. The lowest BCUT2D eigenvalue weighted by Gasteiger charge is -2.15. The largest absolute Gasteiger partial charge is 0.494 e. The average Bonchev–Trinajstić information content (AvgIpc) is 2.81. The predicted octanol–water partition coefficient (Wildman–Crippen LogP) is 0.912. The van der Waals surface area contributed by atoms with Crippen molar-refractivity contribution in [1.82, 2.24) is 9.55 Å². The minimum absolute atomic E-state index is 0.133. The second-order valence-corrected chi connectivity index (χ2v) is 5.02. The van der Waals surface area contributed by atoms with E-state index in [0.29, 0.717) is 17.5 Å². The number of aromatic hydroxyl groups is 1. The van der Waals surface area contributed by atoms with Crippen molar-refractivity contribution in [2.24, 2.45) is 0 Å². The van der Waals surface area contributed by atoms with Gasteiger partial charge in [-0.05, 0) is 12.5 Å². The fourth-order valence-electron chi connectivity index (χ4n) is 2.60. The minimum atomic E-state index is -1.02. The summed E-state index contributed by atoms with van der Waals surface area (Å²) in [5.74, 6) is -1.03. The first-order valence-electron chi connectivity index (χ1n) is 6.90. The first-order valence-corrected chi connectivity index (χ1v) is 6.90. The van der Waals surface area contributed by atoms with Gasteiger partial charge in [-0.3, -0.25) is 14.3 Å². The molecule has 7 heteroatoms. The Labute approximate surface area is 124 Å². The number of hydrogen-bond acceptors (Lipinski definition) is 5. The summed E-state index contributed by atoms with van der Waals surface area (Å²) >= 11 is 0. The molecule has 2 aromatic rings. The van der Waals surface area contributed by atoms with Crippen molar-refractivity contribution < 1.29 is 14.6 Å². The van der Waals surface area contributed by atoms with E-state index in [1.165, 1.54) is 0 Å². The second kappa shape index (κ2) is 5.18. The van der Waals surface area contributed by atoms with Gasteiger partial charge in [-0.1, -0.05) is 25.1 Å². The molecule has 0 bridgehead atoms. The quantitative estimate of drug-likeness (QED) is 0.821. The van der Waals surface area contributed by atoms with Crippen LogP contribution in [0.3, 0.4) is 0 Å². The molecular formula is C15H14N2O5. The first-order chi connectivity index (χ1) is 10.5. The van der Waals surface area contributed by atoms with Crippen LogP contribution in [0.25, 0.3) is 0 Å². The van der Waals surface area contributed by atoms with E-state index >= 15 is 0 Å². The molecular weight excluding hydrogens is 288 g/mol. The number of esters is 1. The number of hydrogen-bond donors (Lipinski definition) is 2. The van der Waals surface area contributed by atoms with Gasteiger partial charge in [-0.2, -0.15) is 0 Å². The normalized spacial score (nSPS) is 16.4. The summed E-state index contributed by atoms with van der Waals surface area (Å²) in [4.78, 5) is 37.9. The van der Waals surface area contributed by atoms with Crippen LogP contribution in [-0.4, -0.2) is 20.6 Å². The summed E-state index contributed by atoms with van der Waals surface area (Å²) in [6, 6.07) is 6.63. The number of H-pyrrole nitrogens is 1. The lowest BCUT2D eigenvalue weighted by Crippen LogP contribution is -2.33. The van der Waals surface area contributed by atoms with Gasteiger partial charge in [0.25, 0.3) is 5.56 Å². The molecule has 0 fully saturated rings. The molecule has 2 N–H and O–H groups in total. The maximum Gasteiger partial charge on any atom is 0.339 e. The number of benzene rings is 1. The van der Waals surface area contributed by atoms with Crippen molar-refractivity contribution in [2.45, 2.75) is 26.0 Å². The monoisotopic (exact) mass is 302 g/mol. The zero-order valence-electron chi connectivity index (χ0n) is 11.8. The number of carbonyl (C=O) groups is 1. The van der Waals surface area contributed by atoms with E-state index in [2.05, 4.69) is 4.98 Å². The molecule has 1 aliphatic rings. The fraction of sp³-hybridized carbons (Fsp3) is 0.267. The Kier molecular flexibility index (Phi) is 3.32. The summed E-state index contributed by atoms with van der Waals surface area (Å²) in [6.45, 7) is 2.08. The van der Waals surface area contributed by atoms with Crippen LogP contribution in [0.2, 0.25) is 0 Å². The standard InChI is InChI=1S/C15H14N2O5/c1-2-7-17-13(19)10(12(18)16-15(17)21)11-8-5-3-4-6-9(8)14(20)22-11/h3-6,11,19H,2,7H2,1H3,(H,16,18,21)/t11-/m0/s1. The Hall–Kier alpha value is -2.83. The molecule has 0 saturated heterocycles. The third kappa shape index (κ3) is 2.02. The third-order valence-electron chi connectivity index (χ3n) is 3.60. The van der Waals surface area contributed by atoms with Crippen LogP contribution in [-0.2, 0) is 11.3 Å². The third-order valence-corrected chi connectivity index (χ3v) is 3.60. The summed E-state index contributed by atoms with van der Waals surface area (Å²) in [7, 11) is 0. The van der Waals surface area contributed by atoms with Gasteiger partial charge in [0.1, 0.15) is 5.56 Å². The van der Waals surface area contributed by atoms with Crippen molar-refractivity contribution in [1.29, 1.82) is 0 Å². The number of aromatic amines is 1. The molecule has 0 radical (unpaired) electrons. The van der Waals surface area contributed by atoms with Crippen LogP contribution < -0.4 is 11.2 Å². The molecule has 1 aromatic carbocycles. The van der Waals surface area contributed by atoms with Gasteiger partial charge in [0.2, 0.25) is 5.88 Å². The number of aromatic nitrogens is 2. The van der Waals surface area contributed by atoms with E-state index in [1.54, 1.807) is 24.3 Å². The lowest BCUT2D eigenvalue weighted by molar-refractivity contribution is 0.0448. The van der Waals surface area contributed by atoms with E-state index < -0.39 is 29.2 Å². The summed E-state index contributed by atoms with van der Waals surface area (Å²) < 4.78 is 6.28. The average molecular weight is 302 g/mol. The molecule has 0 spiro atoms. The molecule has 0 saturated carbocycles. The molecule has 0 unspecified atom stereocenters. The van der Waals surface area contributed by atoms with E-state index in [9.17, 15) is 19.5 Å². The summed E-state index contributed by atoms with van der Waals surface area (Å²) in [5.41, 5.74) is -0.740.